The predicted octanol–water partition coefficient (Wildman–Crippen LogP) is 1.40. The van der Waals surface area contributed by atoms with Crippen LogP contribution in [0.5, 0.6) is 0 Å². The largest absolute Gasteiger partial charge is 0.370 e. The monoisotopic (exact) mass is 224 g/mol. The average molecular weight is 224 g/mol. The van der Waals surface area contributed by atoms with E-state index in [1.165, 1.54) is 12.1 Å². The molecule has 0 aliphatic rings. The van der Waals surface area contributed by atoms with Gasteiger partial charge in [-0.3, -0.25) is 10.7 Å². The number of carbonyl (C=O) groups is 1. The van der Waals surface area contributed by atoms with Gasteiger partial charge in [-0.15, -0.1) is 0 Å². The van der Waals surface area contributed by atoms with Crippen molar-refractivity contribution in [2.45, 2.75) is 13.3 Å². The first kappa shape index (κ1) is 12.0. The molecule has 1 aromatic rings. The summed E-state index contributed by atoms with van der Waals surface area (Å²) in [4.78, 5) is 11.1. The number of amides is 2. The number of anilines is 1. The highest BCUT2D eigenvalue weighted by Crippen LogP contribution is 2.15. The Kier molecular flexibility index (Phi) is 3.82. The molecule has 6 heteroatoms. The Bertz CT molecular complexity index is 419. The zero-order valence-corrected chi connectivity index (χ0v) is 8.80. The van der Waals surface area contributed by atoms with Crippen molar-refractivity contribution in [1.29, 1.82) is 5.41 Å². The Morgan fingerprint density at radius 2 is 2.25 bits per heavy atom. The molecule has 1 rings (SSSR count). The third-order valence-corrected chi connectivity index (χ3v) is 1.94. The number of halogens is 1. The molecule has 0 atom stereocenters. The van der Waals surface area contributed by atoms with Gasteiger partial charge in [0.25, 0.3) is 0 Å². The quantitative estimate of drug-likeness (QED) is 0.451. The van der Waals surface area contributed by atoms with Crippen molar-refractivity contribution < 1.29 is 9.18 Å². The van der Waals surface area contributed by atoms with Crippen LogP contribution in [-0.4, -0.2) is 12.0 Å². The van der Waals surface area contributed by atoms with Gasteiger partial charge in [-0.25, -0.2) is 9.18 Å². The standard InChI is InChI=1S/C10H13FN4O/c1-2-6-3-4-8(7(11)5-6)14-10(16)15-9(12)13/h3-5H,2H2,1H3,(H5,12,13,14,15,16). The third-order valence-electron chi connectivity index (χ3n) is 1.94. The third kappa shape index (κ3) is 3.23. The summed E-state index contributed by atoms with van der Waals surface area (Å²) in [5.74, 6) is -1.01. The van der Waals surface area contributed by atoms with E-state index in [9.17, 15) is 9.18 Å². The lowest BCUT2D eigenvalue weighted by atomic mass is 10.1. The second kappa shape index (κ2) is 5.11. The Balaban J connectivity index is 2.74. The molecule has 0 bridgehead atoms. The van der Waals surface area contributed by atoms with Gasteiger partial charge in [-0.05, 0) is 24.1 Å². The summed E-state index contributed by atoms with van der Waals surface area (Å²) in [5.41, 5.74) is 5.84. The number of guanidine groups is 1. The molecule has 0 aliphatic heterocycles. The van der Waals surface area contributed by atoms with Gasteiger partial charge in [0.2, 0.25) is 0 Å². The lowest BCUT2D eigenvalue weighted by Crippen LogP contribution is -2.38. The fourth-order valence-electron chi connectivity index (χ4n) is 1.16. The van der Waals surface area contributed by atoms with E-state index < -0.39 is 17.8 Å². The Hall–Kier alpha value is -2.11. The molecule has 5 nitrogen and oxygen atoms in total. The molecule has 2 amide bonds. The molecule has 0 radical (unpaired) electrons. The SMILES string of the molecule is CCc1ccc(NC(=O)NC(=N)N)c(F)c1. The maximum Gasteiger partial charge on any atom is 0.326 e. The van der Waals surface area contributed by atoms with Crippen molar-refractivity contribution in [1.82, 2.24) is 5.32 Å². The predicted molar refractivity (Wildman–Crippen MR) is 59.8 cm³/mol. The highest BCUT2D eigenvalue weighted by molar-refractivity contribution is 6.00. The number of hydrogen-bond acceptors (Lipinski definition) is 2. The summed E-state index contributed by atoms with van der Waals surface area (Å²) in [6, 6.07) is 3.79. The van der Waals surface area contributed by atoms with E-state index in [0.29, 0.717) is 0 Å². The van der Waals surface area contributed by atoms with Crippen molar-refractivity contribution in [3.63, 3.8) is 0 Å². The molecule has 0 aliphatic carbocycles. The van der Waals surface area contributed by atoms with Gasteiger partial charge >= 0.3 is 6.03 Å². The number of benzene rings is 1. The molecular formula is C10H13FN4O. The molecular weight excluding hydrogens is 211 g/mol. The van der Waals surface area contributed by atoms with E-state index in [1.807, 2.05) is 12.2 Å². The molecule has 16 heavy (non-hydrogen) atoms. The zero-order chi connectivity index (χ0) is 12.1. The van der Waals surface area contributed by atoms with E-state index in [2.05, 4.69) is 5.32 Å². The maximum atomic E-state index is 13.4. The minimum absolute atomic E-state index is 0.0518. The Morgan fingerprint density at radius 1 is 1.56 bits per heavy atom. The number of nitrogens with one attached hydrogen (secondary N) is 3. The second-order valence-corrected chi connectivity index (χ2v) is 3.16. The van der Waals surface area contributed by atoms with Crippen LogP contribution in [0.1, 0.15) is 12.5 Å². The molecule has 0 heterocycles. The molecule has 0 unspecified atom stereocenters. The van der Waals surface area contributed by atoms with E-state index >= 15 is 0 Å². The van der Waals surface area contributed by atoms with Crippen LogP contribution in [0.3, 0.4) is 0 Å². The Morgan fingerprint density at radius 3 is 2.75 bits per heavy atom. The number of rotatable bonds is 2. The first-order valence-corrected chi connectivity index (χ1v) is 4.73. The van der Waals surface area contributed by atoms with Gasteiger partial charge < -0.3 is 11.1 Å². The van der Waals surface area contributed by atoms with Gasteiger partial charge in [0.15, 0.2) is 5.96 Å². The summed E-state index contributed by atoms with van der Waals surface area (Å²) < 4.78 is 13.4. The van der Waals surface area contributed by atoms with Gasteiger partial charge in [-0.1, -0.05) is 13.0 Å². The molecule has 1 aromatic carbocycles. The maximum absolute atomic E-state index is 13.4. The molecule has 5 N–H and O–H groups in total. The smallest absolute Gasteiger partial charge is 0.326 e. The Labute approximate surface area is 92.3 Å². The fraction of sp³-hybridized carbons (Fsp3) is 0.200. The zero-order valence-electron chi connectivity index (χ0n) is 8.80. The van der Waals surface area contributed by atoms with Gasteiger partial charge in [0.1, 0.15) is 5.82 Å². The highest BCUT2D eigenvalue weighted by Gasteiger charge is 2.07. The van der Waals surface area contributed by atoms with E-state index in [1.54, 1.807) is 6.07 Å². The van der Waals surface area contributed by atoms with Crippen molar-refractivity contribution in [3.8, 4) is 0 Å². The molecule has 86 valence electrons. The van der Waals surface area contributed by atoms with Crippen molar-refractivity contribution in [2.75, 3.05) is 5.32 Å². The molecule has 0 aromatic heterocycles. The van der Waals surface area contributed by atoms with Crippen LogP contribution in [0.2, 0.25) is 0 Å². The second-order valence-electron chi connectivity index (χ2n) is 3.16. The van der Waals surface area contributed by atoms with E-state index in [0.717, 1.165) is 12.0 Å². The van der Waals surface area contributed by atoms with Crippen molar-refractivity contribution >= 4 is 17.7 Å². The lowest BCUT2D eigenvalue weighted by molar-refractivity contribution is 0.256. The summed E-state index contributed by atoms with van der Waals surface area (Å²) in [7, 11) is 0. The first-order valence-electron chi connectivity index (χ1n) is 4.73. The summed E-state index contributed by atoms with van der Waals surface area (Å²) in [6.45, 7) is 1.91. The van der Waals surface area contributed by atoms with E-state index in [4.69, 9.17) is 11.1 Å². The minimum Gasteiger partial charge on any atom is -0.370 e. The molecule has 0 saturated carbocycles. The first-order chi connectivity index (χ1) is 7.52. The van der Waals surface area contributed by atoms with Crippen molar-refractivity contribution in [2.24, 2.45) is 5.73 Å². The number of urea groups is 1. The normalized spacial score (nSPS) is 9.62. The summed E-state index contributed by atoms with van der Waals surface area (Å²) >= 11 is 0. The summed E-state index contributed by atoms with van der Waals surface area (Å²) in [5, 5.41) is 11.1. The topological polar surface area (TPSA) is 91.0 Å². The number of nitrogens with two attached hydrogens (primary N) is 1. The minimum atomic E-state index is -0.740. The van der Waals surface area contributed by atoms with Crippen LogP contribution in [0.4, 0.5) is 14.9 Å². The highest BCUT2D eigenvalue weighted by atomic mass is 19.1. The fourth-order valence-corrected chi connectivity index (χ4v) is 1.16. The van der Waals surface area contributed by atoms with Gasteiger partial charge in [0.05, 0.1) is 5.69 Å². The van der Waals surface area contributed by atoms with Crippen LogP contribution >= 0.6 is 0 Å². The molecule has 0 spiro atoms. The lowest BCUT2D eigenvalue weighted by Gasteiger charge is -2.07. The van der Waals surface area contributed by atoms with Crippen LogP contribution < -0.4 is 16.4 Å². The van der Waals surface area contributed by atoms with E-state index in [-0.39, 0.29) is 5.69 Å². The number of aryl methyl sites for hydroxylation is 1. The van der Waals surface area contributed by atoms with Gasteiger partial charge in [0, 0.05) is 0 Å². The van der Waals surface area contributed by atoms with Gasteiger partial charge in [-0.2, -0.15) is 0 Å². The van der Waals surface area contributed by atoms with Crippen LogP contribution in [0, 0.1) is 11.2 Å². The number of carbonyl (C=O) groups excluding carboxylic acids is 1. The van der Waals surface area contributed by atoms with Crippen LogP contribution in [0.15, 0.2) is 18.2 Å². The average Bonchev–Trinajstić information content (AvgIpc) is 2.19. The number of hydrogen-bond donors (Lipinski definition) is 4. The summed E-state index contributed by atoms with van der Waals surface area (Å²) in [6.07, 6.45) is 0.719. The molecule has 0 saturated heterocycles. The van der Waals surface area contributed by atoms with Crippen LogP contribution in [-0.2, 0) is 6.42 Å². The molecule has 0 fully saturated rings. The van der Waals surface area contributed by atoms with Crippen molar-refractivity contribution in [3.05, 3.63) is 29.6 Å². The van der Waals surface area contributed by atoms with Crippen LogP contribution in [0.25, 0.3) is 0 Å².